The fourth-order valence-corrected chi connectivity index (χ4v) is 4.73. The average Bonchev–Trinajstić information content (AvgIpc) is 3.22. The molecular formula is C27H25ClN4O2. The van der Waals surface area contributed by atoms with Gasteiger partial charge in [0.25, 0.3) is 0 Å². The van der Waals surface area contributed by atoms with Crippen LogP contribution >= 0.6 is 11.6 Å². The molecule has 0 spiro atoms. The maximum atomic E-state index is 13.8. The lowest BCUT2D eigenvalue weighted by molar-refractivity contribution is -0.142. The van der Waals surface area contributed by atoms with Crippen LogP contribution in [-0.2, 0) is 16.1 Å². The quantitative estimate of drug-likeness (QED) is 0.407. The molecule has 7 heteroatoms. The summed E-state index contributed by atoms with van der Waals surface area (Å²) in [7, 11) is 0. The van der Waals surface area contributed by atoms with Crippen molar-refractivity contribution in [2.45, 2.75) is 38.9 Å². The summed E-state index contributed by atoms with van der Waals surface area (Å²) >= 11 is 6.22. The zero-order valence-corrected chi connectivity index (χ0v) is 19.8. The second kappa shape index (κ2) is 8.95. The molecule has 2 atom stereocenters. The summed E-state index contributed by atoms with van der Waals surface area (Å²) in [5.74, 6) is 0.438. The van der Waals surface area contributed by atoms with Crippen LogP contribution in [-0.4, -0.2) is 26.3 Å². The number of anilines is 1. The number of fused-ring (bicyclic) bond motifs is 3. The van der Waals surface area contributed by atoms with E-state index in [2.05, 4.69) is 5.32 Å². The fourth-order valence-electron chi connectivity index (χ4n) is 4.55. The predicted octanol–water partition coefficient (Wildman–Crippen LogP) is 5.67. The summed E-state index contributed by atoms with van der Waals surface area (Å²) in [6.07, 6.45) is -0.00427. The molecular weight excluding hydrogens is 448 g/mol. The Morgan fingerprint density at radius 1 is 1.06 bits per heavy atom. The van der Waals surface area contributed by atoms with Gasteiger partial charge in [-0.3, -0.25) is 9.59 Å². The molecule has 0 fully saturated rings. The van der Waals surface area contributed by atoms with Crippen molar-refractivity contribution >= 4 is 40.1 Å². The number of nitrogens with zero attached hydrogens (tertiary/aromatic N) is 3. The normalized spacial score (nSPS) is 17.6. The van der Waals surface area contributed by atoms with Crippen LogP contribution in [0.25, 0.3) is 11.0 Å². The number of aromatic nitrogens is 2. The molecule has 4 aromatic rings. The summed E-state index contributed by atoms with van der Waals surface area (Å²) in [5, 5.41) is 3.48. The first-order valence-electron chi connectivity index (χ1n) is 11.3. The Labute approximate surface area is 203 Å². The Bertz CT molecular complexity index is 1380. The molecule has 2 heterocycles. The molecule has 0 aliphatic carbocycles. The minimum atomic E-state index is -0.691. The van der Waals surface area contributed by atoms with Crippen molar-refractivity contribution in [2.24, 2.45) is 0 Å². The molecule has 34 heavy (non-hydrogen) atoms. The highest BCUT2D eigenvalue weighted by Gasteiger charge is 2.40. The molecule has 2 amide bonds. The van der Waals surface area contributed by atoms with Gasteiger partial charge < -0.3 is 14.8 Å². The highest BCUT2D eigenvalue weighted by atomic mass is 35.5. The molecule has 0 saturated heterocycles. The highest BCUT2D eigenvalue weighted by Crippen LogP contribution is 2.37. The minimum Gasteiger partial charge on any atom is -0.327 e. The van der Waals surface area contributed by atoms with Gasteiger partial charge in [0, 0.05) is 17.3 Å². The lowest BCUT2D eigenvalue weighted by Crippen LogP contribution is -2.45. The first-order chi connectivity index (χ1) is 16.4. The number of hydrogen-bond donors (Lipinski definition) is 1. The summed E-state index contributed by atoms with van der Waals surface area (Å²) < 4.78 is 1.94. The van der Waals surface area contributed by atoms with Crippen molar-refractivity contribution in [3.8, 4) is 0 Å². The minimum absolute atomic E-state index is 0.00427. The number of amides is 2. The van der Waals surface area contributed by atoms with Crippen molar-refractivity contribution in [1.82, 2.24) is 14.5 Å². The van der Waals surface area contributed by atoms with E-state index in [9.17, 15) is 9.59 Å². The van der Waals surface area contributed by atoms with Crippen LogP contribution in [0.3, 0.4) is 0 Å². The van der Waals surface area contributed by atoms with Gasteiger partial charge in [-0.15, -0.1) is 0 Å². The number of nitrogens with one attached hydrogen (secondary N) is 1. The Morgan fingerprint density at radius 3 is 2.56 bits per heavy atom. The van der Waals surface area contributed by atoms with Crippen molar-refractivity contribution in [2.75, 3.05) is 5.32 Å². The van der Waals surface area contributed by atoms with Gasteiger partial charge in [0.2, 0.25) is 11.8 Å². The number of halogens is 1. The SMILES string of the molecule is Cc1ccc(NC(=O)C[C@H]2C(=O)N(Cc3ccccc3)[C@@H](C)c3nc4ccccc4n32)cc1Cl. The van der Waals surface area contributed by atoms with Gasteiger partial charge in [0.1, 0.15) is 11.9 Å². The van der Waals surface area contributed by atoms with E-state index in [1.165, 1.54) is 0 Å². The zero-order valence-electron chi connectivity index (χ0n) is 19.0. The molecule has 1 aliphatic rings. The second-order valence-electron chi connectivity index (χ2n) is 8.69. The van der Waals surface area contributed by atoms with Crippen molar-refractivity contribution in [3.05, 3.63) is 94.8 Å². The van der Waals surface area contributed by atoms with E-state index in [0.29, 0.717) is 17.3 Å². The number of benzene rings is 3. The van der Waals surface area contributed by atoms with Crippen molar-refractivity contribution < 1.29 is 9.59 Å². The molecule has 5 rings (SSSR count). The lowest BCUT2D eigenvalue weighted by Gasteiger charge is -2.38. The summed E-state index contributed by atoms with van der Waals surface area (Å²) in [5.41, 5.74) is 4.24. The molecule has 1 aromatic heterocycles. The number of aryl methyl sites for hydroxylation is 1. The third kappa shape index (κ3) is 4.05. The number of carbonyl (C=O) groups is 2. The first-order valence-corrected chi connectivity index (χ1v) is 11.7. The maximum Gasteiger partial charge on any atom is 0.247 e. The summed E-state index contributed by atoms with van der Waals surface area (Å²) in [4.78, 5) is 33.5. The largest absolute Gasteiger partial charge is 0.327 e. The fraction of sp³-hybridized carbons (Fsp3) is 0.222. The molecule has 6 nitrogen and oxygen atoms in total. The van der Waals surface area contributed by atoms with Gasteiger partial charge in [0.05, 0.1) is 23.5 Å². The molecule has 0 radical (unpaired) electrons. The van der Waals surface area contributed by atoms with Gasteiger partial charge in [-0.25, -0.2) is 4.98 Å². The van der Waals surface area contributed by atoms with Crippen LogP contribution in [0.2, 0.25) is 5.02 Å². The number of hydrogen-bond acceptors (Lipinski definition) is 3. The Morgan fingerprint density at radius 2 is 1.79 bits per heavy atom. The lowest BCUT2D eigenvalue weighted by atomic mass is 10.0. The van der Waals surface area contributed by atoms with Crippen LogP contribution in [0.15, 0.2) is 72.8 Å². The number of imidazole rings is 1. The molecule has 0 bridgehead atoms. The van der Waals surface area contributed by atoms with Gasteiger partial charge in [-0.05, 0) is 49.2 Å². The Kier molecular flexibility index (Phi) is 5.84. The van der Waals surface area contributed by atoms with Gasteiger partial charge in [-0.2, -0.15) is 0 Å². The smallest absolute Gasteiger partial charge is 0.247 e. The highest BCUT2D eigenvalue weighted by molar-refractivity contribution is 6.31. The second-order valence-corrected chi connectivity index (χ2v) is 9.10. The van der Waals surface area contributed by atoms with E-state index in [0.717, 1.165) is 28.0 Å². The molecule has 1 N–H and O–H groups in total. The van der Waals surface area contributed by atoms with Crippen molar-refractivity contribution in [3.63, 3.8) is 0 Å². The van der Waals surface area contributed by atoms with Crippen LogP contribution < -0.4 is 5.32 Å². The maximum absolute atomic E-state index is 13.8. The van der Waals surface area contributed by atoms with Gasteiger partial charge in [0.15, 0.2) is 0 Å². The zero-order chi connectivity index (χ0) is 23.8. The molecule has 3 aromatic carbocycles. The third-order valence-corrected chi connectivity index (χ3v) is 6.78. The third-order valence-electron chi connectivity index (χ3n) is 6.37. The van der Waals surface area contributed by atoms with Crippen molar-refractivity contribution in [1.29, 1.82) is 0 Å². The van der Waals surface area contributed by atoms with E-state index < -0.39 is 6.04 Å². The van der Waals surface area contributed by atoms with E-state index in [4.69, 9.17) is 16.6 Å². The monoisotopic (exact) mass is 472 g/mol. The first kappa shape index (κ1) is 22.2. The van der Waals surface area contributed by atoms with Gasteiger partial charge in [-0.1, -0.05) is 60.1 Å². The number of rotatable bonds is 5. The molecule has 0 saturated carbocycles. The Hall–Kier alpha value is -3.64. The topological polar surface area (TPSA) is 67.2 Å². The van der Waals surface area contributed by atoms with Crippen LogP contribution in [0.1, 0.15) is 42.4 Å². The van der Waals surface area contributed by atoms with Crippen LogP contribution in [0.4, 0.5) is 5.69 Å². The van der Waals surface area contributed by atoms with E-state index in [1.54, 1.807) is 6.07 Å². The summed E-state index contributed by atoms with van der Waals surface area (Å²) in [6.45, 7) is 4.35. The van der Waals surface area contributed by atoms with E-state index in [1.807, 2.05) is 90.0 Å². The number of carbonyl (C=O) groups excluding carboxylic acids is 2. The Balaban J connectivity index is 1.50. The van der Waals surface area contributed by atoms with E-state index >= 15 is 0 Å². The number of para-hydroxylation sites is 2. The van der Waals surface area contributed by atoms with E-state index in [-0.39, 0.29) is 24.3 Å². The van der Waals surface area contributed by atoms with Gasteiger partial charge >= 0.3 is 0 Å². The summed E-state index contributed by atoms with van der Waals surface area (Å²) in [6, 6.07) is 22.1. The van der Waals surface area contributed by atoms with Crippen LogP contribution in [0.5, 0.6) is 0 Å². The molecule has 0 unspecified atom stereocenters. The standard InChI is InChI=1S/C27H25ClN4O2/c1-17-12-13-20(14-21(17)28)29-25(33)15-24-27(34)31(16-19-8-4-3-5-9-19)18(2)26-30-22-10-6-7-11-23(22)32(24)26/h3-14,18,24H,15-16H2,1-2H3,(H,29,33)/t18-,24-/m0/s1. The predicted molar refractivity (Wildman–Crippen MR) is 134 cm³/mol. The molecule has 1 aliphatic heterocycles. The molecule has 172 valence electrons. The average molecular weight is 473 g/mol. The van der Waals surface area contributed by atoms with Crippen LogP contribution in [0, 0.1) is 6.92 Å².